The van der Waals surface area contributed by atoms with Gasteiger partial charge in [0, 0.05) is 17.9 Å². The van der Waals surface area contributed by atoms with Gasteiger partial charge in [-0.3, -0.25) is 19.7 Å². The minimum Gasteiger partial charge on any atom is -0.493 e. The molecule has 2 aromatic rings. The molecule has 1 N–H and O–H groups in total. The summed E-state index contributed by atoms with van der Waals surface area (Å²) in [7, 11) is 1.45. The lowest BCUT2D eigenvalue weighted by atomic mass is 10.1. The third-order valence-corrected chi connectivity index (χ3v) is 3.80. The van der Waals surface area contributed by atoms with Gasteiger partial charge in [-0.1, -0.05) is 0 Å². The zero-order valence-corrected chi connectivity index (χ0v) is 14.2. The average Bonchev–Trinajstić information content (AvgIpc) is 3.01. The number of rotatable bonds is 7. The number of amides is 1. The van der Waals surface area contributed by atoms with E-state index in [0.717, 1.165) is 11.3 Å². The molecule has 0 radical (unpaired) electrons. The van der Waals surface area contributed by atoms with Crippen LogP contribution in [0.25, 0.3) is 0 Å². The van der Waals surface area contributed by atoms with Gasteiger partial charge in [0.25, 0.3) is 5.91 Å². The molecule has 0 saturated heterocycles. The number of nitrogens with zero attached hydrogens (tertiary/aromatic N) is 1. The third-order valence-electron chi connectivity index (χ3n) is 3.04. The van der Waals surface area contributed by atoms with Gasteiger partial charge in [-0.15, -0.1) is 11.3 Å². The second-order valence-electron chi connectivity index (χ2n) is 4.85. The first-order valence-corrected chi connectivity index (χ1v) is 7.86. The summed E-state index contributed by atoms with van der Waals surface area (Å²) in [5.74, 6) is 0.0305. The van der Waals surface area contributed by atoms with Gasteiger partial charge in [0.05, 0.1) is 7.11 Å². The molecule has 0 fully saturated rings. The molecular formula is C16H16N2O5S. The van der Waals surface area contributed by atoms with Crippen molar-refractivity contribution in [1.82, 2.24) is 4.98 Å². The molecule has 0 aliphatic rings. The largest absolute Gasteiger partial charge is 0.493 e. The molecule has 1 heterocycles. The van der Waals surface area contributed by atoms with Crippen LogP contribution >= 0.6 is 11.3 Å². The van der Waals surface area contributed by atoms with E-state index in [9.17, 15) is 14.4 Å². The van der Waals surface area contributed by atoms with Gasteiger partial charge < -0.3 is 9.47 Å². The number of hydrogen-bond donors (Lipinski definition) is 1. The highest BCUT2D eigenvalue weighted by Gasteiger charge is 2.12. The quantitative estimate of drug-likeness (QED) is 0.773. The van der Waals surface area contributed by atoms with Crippen LogP contribution in [-0.2, 0) is 4.79 Å². The fraction of sp³-hybridized carbons (Fsp3) is 0.250. The van der Waals surface area contributed by atoms with Gasteiger partial charge in [0.2, 0.25) is 0 Å². The molecule has 0 unspecified atom stereocenters. The van der Waals surface area contributed by atoms with Crippen LogP contribution in [0.15, 0.2) is 23.6 Å². The van der Waals surface area contributed by atoms with E-state index < -0.39 is 5.91 Å². The molecule has 7 nitrogen and oxygen atoms in total. The zero-order chi connectivity index (χ0) is 17.7. The molecule has 1 aromatic carbocycles. The summed E-state index contributed by atoms with van der Waals surface area (Å²) in [5, 5.41) is 4.45. The van der Waals surface area contributed by atoms with Gasteiger partial charge in [0.15, 0.2) is 34.8 Å². The Morgan fingerprint density at radius 3 is 2.50 bits per heavy atom. The summed E-state index contributed by atoms with van der Waals surface area (Å²) in [6.45, 7) is 2.59. The van der Waals surface area contributed by atoms with Crippen LogP contribution < -0.4 is 14.8 Å². The van der Waals surface area contributed by atoms with E-state index >= 15 is 0 Å². The van der Waals surface area contributed by atoms with Crippen molar-refractivity contribution in [3.05, 3.63) is 34.8 Å². The van der Waals surface area contributed by atoms with Crippen LogP contribution in [0.4, 0.5) is 5.13 Å². The average molecular weight is 348 g/mol. The van der Waals surface area contributed by atoms with Gasteiger partial charge in [0.1, 0.15) is 5.69 Å². The highest BCUT2D eigenvalue weighted by atomic mass is 32.1. The van der Waals surface area contributed by atoms with Crippen molar-refractivity contribution in [1.29, 1.82) is 0 Å². The molecule has 24 heavy (non-hydrogen) atoms. The summed E-state index contributed by atoms with van der Waals surface area (Å²) in [4.78, 5) is 38.4. The van der Waals surface area contributed by atoms with Crippen molar-refractivity contribution < 1.29 is 23.9 Å². The van der Waals surface area contributed by atoms with Crippen molar-refractivity contribution >= 4 is 33.9 Å². The number of carbonyl (C=O) groups is 3. The first-order valence-electron chi connectivity index (χ1n) is 6.98. The van der Waals surface area contributed by atoms with Crippen LogP contribution in [0.1, 0.15) is 34.7 Å². The Morgan fingerprint density at radius 2 is 1.92 bits per heavy atom. The van der Waals surface area contributed by atoms with Gasteiger partial charge >= 0.3 is 0 Å². The number of ketones is 2. The summed E-state index contributed by atoms with van der Waals surface area (Å²) in [6.07, 6.45) is 0. The number of methoxy groups -OCH3 is 1. The maximum absolute atomic E-state index is 11.9. The number of ether oxygens (including phenoxy) is 2. The highest BCUT2D eigenvalue weighted by Crippen LogP contribution is 2.28. The summed E-state index contributed by atoms with van der Waals surface area (Å²) in [5.41, 5.74) is 0.793. The van der Waals surface area contributed by atoms with Crippen LogP contribution in [-0.4, -0.2) is 36.2 Å². The van der Waals surface area contributed by atoms with E-state index in [1.54, 1.807) is 23.6 Å². The molecule has 1 aromatic heterocycles. The van der Waals surface area contributed by atoms with Gasteiger partial charge in [-0.25, -0.2) is 4.98 Å². The monoisotopic (exact) mass is 348 g/mol. The van der Waals surface area contributed by atoms with Crippen molar-refractivity contribution in [2.24, 2.45) is 0 Å². The number of carbonyl (C=O) groups excluding carboxylic acids is 3. The van der Waals surface area contributed by atoms with Crippen molar-refractivity contribution in [3.8, 4) is 11.5 Å². The SMILES string of the molecule is COc1cc(C(C)=O)ccc1OCC(=O)Nc1nc(C(C)=O)cs1. The molecule has 0 bridgehead atoms. The smallest absolute Gasteiger partial charge is 0.264 e. The first kappa shape index (κ1) is 17.6. The van der Waals surface area contributed by atoms with Crippen LogP contribution in [0.5, 0.6) is 11.5 Å². The number of aromatic nitrogens is 1. The maximum atomic E-state index is 11.9. The Kier molecular flexibility index (Phi) is 5.64. The topological polar surface area (TPSA) is 94.6 Å². The summed E-state index contributed by atoms with van der Waals surface area (Å²) < 4.78 is 10.6. The maximum Gasteiger partial charge on any atom is 0.264 e. The predicted molar refractivity (Wildman–Crippen MR) is 89.2 cm³/mol. The fourth-order valence-corrected chi connectivity index (χ4v) is 2.56. The molecule has 8 heteroatoms. The lowest BCUT2D eigenvalue weighted by Gasteiger charge is -2.11. The lowest BCUT2D eigenvalue weighted by Crippen LogP contribution is -2.20. The minimum atomic E-state index is -0.419. The van der Waals surface area contributed by atoms with Crippen molar-refractivity contribution in [3.63, 3.8) is 0 Å². The molecule has 0 atom stereocenters. The fourth-order valence-electron chi connectivity index (χ4n) is 1.80. The summed E-state index contributed by atoms with van der Waals surface area (Å²) in [6, 6.07) is 4.72. The van der Waals surface area contributed by atoms with Gasteiger partial charge in [-0.05, 0) is 25.1 Å². The Labute approximate surface area is 142 Å². The number of nitrogens with one attached hydrogen (secondary N) is 1. The Balaban J connectivity index is 1.98. The van der Waals surface area contributed by atoms with Crippen LogP contribution in [0.2, 0.25) is 0 Å². The first-order chi connectivity index (χ1) is 11.4. The molecular weight excluding hydrogens is 332 g/mol. The Morgan fingerprint density at radius 1 is 1.17 bits per heavy atom. The molecule has 0 aliphatic carbocycles. The zero-order valence-electron chi connectivity index (χ0n) is 13.4. The standard InChI is InChI=1S/C16H16N2O5S/c1-9(19)11-4-5-13(14(6-11)22-3)23-7-15(21)18-16-17-12(8-24-16)10(2)20/h4-6,8H,7H2,1-3H3,(H,17,18,21). The van der Waals surface area contributed by atoms with E-state index in [2.05, 4.69) is 10.3 Å². The van der Waals surface area contributed by atoms with E-state index in [4.69, 9.17) is 9.47 Å². The molecule has 0 aliphatic heterocycles. The van der Waals surface area contributed by atoms with E-state index in [0.29, 0.717) is 27.9 Å². The van der Waals surface area contributed by atoms with E-state index in [1.165, 1.54) is 21.0 Å². The normalized spacial score (nSPS) is 10.1. The number of hydrogen-bond acceptors (Lipinski definition) is 7. The highest BCUT2D eigenvalue weighted by molar-refractivity contribution is 7.14. The number of thiazole rings is 1. The molecule has 1 amide bonds. The summed E-state index contributed by atoms with van der Waals surface area (Å²) >= 11 is 1.16. The molecule has 0 saturated carbocycles. The number of Topliss-reactive ketones (excluding diaryl/α,β-unsaturated/α-hetero) is 2. The number of anilines is 1. The second kappa shape index (κ2) is 7.69. The minimum absolute atomic E-state index is 0.0948. The Bertz CT molecular complexity index is 785. The molecule has 0 spiro atoms. The number of benzene rings is 1. The second-order valence-corrected chi connectivity index (χ2v) is 5.71. The third kappa shape index (κ3) is 4.39. The molecule has 126 valence electrons. The van der Waals surface area contributed by atoms with Crippen LogP contribution in [0.3, 0.4) is 0 Å². The van der Waals surface area contributed by atoms with E-state index in [-0.39, 0.29) is 18.2 Å². The Hall–Kier alpha value is -2.74. The van der Waals surface area contributed by atoms with Crippen molar-refractivity contribution in [2.45, 2.75) is 13.8 Å². The van der Waals surface area contributed by atoms with Crippen LogP contribution in [0, 0.1) is 0 Å². The van der Waals surface area contributed by atoms with E-state index in [1.807, 2.05) is 0 Å². The van der Waals surface area contributed by atoms with Gasteiger partial charge in [-0.2, -0.15) is 0 Å². The molecule has 2 rings (SSSR count). The predicted octanol–water partition coefficient (Wildman–Crippen LogP) is 2.57. The van der Waals surface area contributed by atoms with Crippen molar-refractivity contribution in [2.75, 3.05) is 19.0 Å². The lowest BCUT2D eigenvalue weighted by molar-refractivity contribution is -0.118.